The zero-order valence-electron chi connectivity index (χ0n) is 14.1. The zero-order valence-corrected chi connectivity index (χ0v) is 14.1. The lowest BCUT2D eigenvalue weighted by molar-refractivity contribution is 0.243. The van der Waals surface area contributed by atoms with E-state index in [0.29, 0.717) is 35.2 Å². The summed E-state index contributed by atoms with van der Waals surface area (Å²) in [7, 11) is 0. The summed E-state index contributed by atoms with van der Waals surface area (Å²) < 4.78 is 48.4. The molecule has 0 amide bonds. The van der Waals surface area contributed by atoms with Crippen molar-refractivity contribution in [1.29, 1.82) is 0 Å². The second-order valence-corrected chi connectivity index (χ2v) is 6.53. The maximum atomic E-state index is 13.8. The van der Waals surface area contributed by atoms with Crippen LogP contribution < -0.4 is 10.6 Å². The molecule has 0 saturated carbocycles. The number of alkyl halides is 1. The molecule has 138 valence electrons. The van der Waals surface area contributed by atoms with Gasteiger partial charge in [0.2, 0.25) is 11.8 Å². The third-order valence-electron chi connectivity index (χ3n) is 4.59. The summed E-state index contributed by atoms with van der Waals surface area (Å²) in [4.78, 5) is 10.4. The molecule has 0 radical (unpaired) electrons. The minimum absolute atomic E-state index is 0.190. The number of hydrogen-bond donors (Lipinski definition) is 1. The van der Waals surface area contributed by atoms with Crippen LogP contribution in [0.4, 0.5) is 19.1 Å². The Morgan fingerprint density at radius 2 is 2.08 bits per heavy atom. The van der Waals surface area contributed by atoms with Crippen LogP contribution in [-0.4, -0.2) is 39.8 Å². The van der Waals surface area contributed by atoms with Crippen LogP contribution in [0.5, 0.6) is 0 Å². The van der Waals surface area contributed by atoms with E-state index in [2.05, 4.69) is 9.97 Å². The van der Waals surface area contributed by atoms with E-state index in [9.17, 15) is 13.2 Å². The number of oxazole rings is 1. The van der Waals surface area contributed by atoms with Gasteiger partial charge in [0.05, 0.1) is 23.3 Å². The standard InChI is InChI=1S/C17H18F3N5O/c1-9-6-22-16(26-9)8-25-15-5-12(20)11(19)4-14(15)23-17(25)24-3-2-10(18)13(21)7-24/h4-6,10,13H,2-3,7-8,21H2,1H3/t10-,13-/m1/s1. The SMILES string of the molecule is Cc1cnc(Cn2c(N3CC[C@@H](F)[C@H](N)C3)nc3cc(F)c(F)cc32)o1. The van der Waals surface area contributed by atoms with Crippen molar-refractivity contribution in [3.05, 3.63) is 41.6 Å². The third kappa shape index (κ3) is 2.92. The van der Waals surface area contributed by atoms with E-state index >= 15 is 0 Å². The summed E-state index contributed by atoms with van der Waals surface area (Å²) >= 11 is 0. The van der Waals surface area contributed by atoms with Crippen LogP contribution in [-0.2, 0) is 6.54 Å². The van der Waals surface area contributed by atoms with Gasteiger partial charge in [-0.05, 0) is 13.3 Å². The Kier molecular flexibility index (Phi) is 4.10. The Hall–Kier alpha value is -2.55. The molecule has 4 rings (SSSR count). The Balaban J connectivity index is 1.81. The first-order valence-corrected chi connectivity index (χ1v) is 8.33. The number of aryl methyl sites for hydroxylation is 1. The fourth-order valence-corrected chi connectivity index (χ4v) is 3.25. The summed E-state index contributed by atoms with van der Waals surface area (Å²) in [5.41, 5.74) is 6.56. The fraction of sp³-hybridized carbons (Fsp3) is 0.412. The van der Waals surface area contributed by atoms with Crippen molar-refractivity contribution >= 4 is 17.0 Å². The molecule has 0 bridgehead atoms. The number of benzene rings is 1. The highest BCUT2D eigenvalue weighted by Gasteiger charge is 2.29. The van der Waals surface area contributed by atoms with Gasteiger partial charge in [-0.15, -0.1) is 0 Å². The maximum Gasteiger partial charge on any atom is 0.214 e. The third-order valence-corrected chi connectivity index (χ3v) is 4.59. The van der Waals surface area contributed by atoms with E-state index in [0.717, 1.165) is 12.1 Å². The van der Waals surface area contributed by atoms with Gasteiger partial charge in [0.25, 0.3) is 0 Å². The van der Waals surface area contributed by atoms with Crippen LogP contribution in [0.25, 0.3) is 11.0 Å². The number of fused-ring (bicyclic) bond motifs is 1. The second kappa shape index (κ2) is 6.31. The molecular formula is C17H18F3N5O. The molecule has 3 aromatic rings. The van der Waals surface area contributed by atoms with Crippen molar-refractivity contribution in [3.63, 3.8) is 0 Å². The number of piperidine rings is 1. The Labute approximate surface area is 147 Å². The van der Waals surface area contributed by atoms with Gasteiger partial charge in [-0.1, -0.05) is 0 Å². The van der Waals surface area contributed by atoms with Crippen molar-refractivity contribution in [2.45, 2.75) is 32.1 Å². The molecule has 9 heteroatoms. The van der Waals surface area contributed by atoms with Crippen LogP contribution in [0.2, 0.25) is 0 Å². The number of anilines is 1. The summed E-state index contributed by atoms with van der Waals surface area (Å²) in [5.74, 6) is -0.420. The summed E-state index contributed by atoms with van der Waals surface area (Å²) in [6.07, 6.45) is 0.776. The second-order valence-electron chi connectivity index (χ2n) is 6.53. The molecule has 6 nitrogen and oxygen atoms in total. The van der Waals surface area contributed by atoms with Crippen molar-refractivity contribution in [2.75, 3.05) is 18.0 Å². The molecule has 26 heavy (non-hydrogen) atoms. The zero-order chi connectivity index (χ0) is 18.4. The Morgan fingerprint density at radius 3 is 2.77 bits per heavy atom. The van der Waals surface area contributed by atoms with Crippen LogP contribution >= 0.6 is 0 Å². The van der Waals surface area contributed by atoms with Gasteiger partial charge in [0.1, 0.15) is 18.5 Å². The molecule has 1 fully saturated rings. The van der Waals surface area contributed by atoms with Crippen molar-refractivity contribution in [3.8, 4) is 0 Å². The predicted molar refractivity (Wildman–Crippen MR) is 89.7 cm³/mol. The van der Waals surface area contributed by atoms with E-state index in [1.54, 1.807) is 17.7 Å². The minimum Gasteiger partial charge on any atom is -0.444 e. The van der Waals surface area contributed by atoms with Crippen LogP contribution in [0.3, 0.4) is 0 Å². The first-order valence-electron chi connectivity index (χ1n) is 8.33. The Bertz CT molecular complexity index is 953. The largest absolute Gasteiger partial charge is 0.444 e. The van der Waals surface area contributed by atoms with E-state index in [1.807, 2.05) is 4.90 Å². The summed E-state index contributed by atoms with van der Waals surface area (Å²) in [6, 6.07) is 1.50. The smallest absolute Gasteiger partial charge is 0.214 e. The number of halogens is 3. The van der Waals surface area contributed by atoms with E-state index in [4.69, 9.17) is 10.2 Å². The summed E-state index contributed by atoms with van der Waals surface area (Å²) in [6.45, 7) is 2.63. The van der Waals surface area contributed by atoms with Gasteiger partial charge in [-0.25, -0.2) is 23.1 Å². The van der Waals surface area contributed by atoms with Gasteiger partial charge >= 0.3 is 0 Å². The van der Waals surface area contributed by atoms with E-state index in [-0.39, 0.29) is 19.5 Å². The number of nitrogens with zero attached hydrogens (tertiary/aromatic N) is 4. The van der Waals surface area contributed by atoms with Crippen molar-refractivity contribution in [2.24, 2.45) is 5.73 Å². The van der Waals surface area contributed by atoms with Crippen molar-refractivity contribution < 1.29 is 17.6 Å². The number of rotatable bonds is 3. The molecule has 1 aromatic carbocycles. The number of nitrogens with two attached hydrogens (primary N) is 1. The van der Waals surface area contributed by atoms with Crippen LogP contribution in [0.1, 0.15) is 18.1 Å². The maximum absolute atomic E-state index is 13.8. The van der Waals surface area contributed by atoms with Crippen LogP contribution in [0.15, 0.2) is 22.7 Å². The monoisotopic (exact) mass is 365 g/mol. The highest BCUT2D eigenvalue weighted by Crippen LogP contribution is 2.28. The lowest BCUT2D eigenvalue weighted by Crippen LogP contribution is -2.50. The van der Waals surface area contributed by atoms with Gasteiger partial charge in [-0.2, -0.15) is 0 Å². The molecule has 2 atom stereocenters. The molecule has 2 N–H and O–H groups in total. The lowest BCUT2D eigenvalue weighted by atomic mass is 10.1. The van der Waals surface area contributed by atoms with Crippen molar-refractivity contribution in [1.82, 2.24) is 14.5 Å². The van der Waals surface area contributed by atoms with E-state index in [1.165, 1.54) is 0 Å². The quantitative estimate of drug-likeness (QED) is 0.772. The highest BCUT2D eigenvalue weighted by molar-refractivity contribution is 5.79. The fourth-order valence-electron chi connectivity index (χ4n) is 3.25. The lowest BCUT2D eigenvalue weighted by Gasteiger charge is -2.33. The summed E-state index contributed by atoms with van der Waals surface area (Å²) in [5, 5.41) is 0. The molecule has 0 unspecified atom stereocenters. The molecule has 1 aliphatic heterocycles. The molecule has 0 aliphatic carbocycles. The van der Waals surface area contributed by atoms with Gasteiger partial charge in [0, 0.05) is 25.2 Å². The first-order chi connectivity index (χ1) is 12.4. The predicted octanol–water partition coefficient (Wildman–Crippen LogP) is 2.53. The number of imidazole rings is 1. The molecule has 1 aliphatic rings. The Morgan fingerprint density at radius 1 is 1.31 bits per heavy atom. The first kappa shape index (κ1) is 16.9. The van der Waals surface area contributed by atoms with E-state index < -0.39 is 23.8 Å². The molecule has 0 spiro atoms. The van der Waals surface area contributed by atoms with Gasteiger partial charge < -0.3 is 19.6 Å². The minimum atomic E-state index is -1.08. The average molecular weight is 365 g/mol. The normalized spacial score (nSPS) is 20.9. The average Bonchev–Trinajstić information content (AvgIpc) is 3.15. The van der Waals surface area contributed by atoms with Gasteiger partial charge in [-0.3, -0.25) is 0 Å². The molecule has 2 aromatic heterocycles. The highest BCUT2D eigenvalue weighted by atomic mass is 19.2. The molecule has 3 heterocycles. The number of aromatic nitrogens is 3. The topological polar surface area (TPSA) is 73.1 Å². The molecule has 1 saturated heterocycles. The molecular weight excluding hydrogens is 347 g/mol. The van der Waals surface area contributed by atoms with Gasteiger partial charge in [0.15, 0.2) is 11.6 Å². The number of hydrogen-bond acceptors (Lipinski definition) is 5. The van der Waals surface area contributed by atoms with Crippen LogP contribution in [0, 0.1) is 18.6 Å².